The van der Waals surface area contributed by atoms with Crippen LogP contribution in [0.3, 0.4) is 0 Å². The average molecular weight is 208 g/mol. The van der Waals surface area contributed by atoms with Gasteiger partial charge < -0.3 is 0 Å². The summed E-state index contributed by atoms with van der Waals surface area (Å²) in [6, 6.07) is 9.96. The average Bonchev–Trinajstić information content (AvgIpc) is 2.28. The van der Waals surface area contributed by atoms with Crippen molar-refractivity contribution in [2.45, 2.75) is 13.8 Å². The maximum Gasteiger partial charge on any atom is 0.0991 e. The van der Waals surface area contributed by atoms with Crippen LogP contribution in [0.1, 0.15) is 16.7 Å². The molecule has 2 aromatic rings. The molecule has 0 N–H and O–H groups in total. The van der Waals surface area contributed by atoms with Gasteiger partial charge in [0.05, 0.1) is 11.6 Å². The van der Waals surface area contributed by atoms with Crippen molar-refractivity contribution in [2.24, 2.45) is 0 Å². The zero-order valence-corrected chi connectivity index (χ0v) is 9.36. The third-order valence-electron chi connectivity index (χ3n) is 2.54. The van der Waals surface area contributed by atoms with Crippen molar-refractivity contribution >= 4 is 0 Å². The Balaban J connectivity index is 2.53. The van der Waals surface area contributed by atoms with Crippen molar-refractivity contribution < 1.29 is 0 Å². The lowest BCUT2D eigenvalue weighted by Gasteiger charge is -2.06. The summed E-state index contributed by atoms with van der Waals surface area (Å²) >= 11 is 0. The fourth-order valence-corrected chi connectivity index (χ4v) is 1.76. The van der Waals surface area contributed by atoms with Crippen molar-refractivity contribution in [3.8, 4) is 17.2 Å². The molecular weight excluding hydrogens is 196 g/mol. The van der Waals surface area contributed by atoms with Gasteiger partial charge in [-0.3, -0.25) is 4.98 Å². The molecule has 0 fully saturated rings. The minimum absolute atomic E-state index is 0.696. The maximum atomic E-state index is 8.81. The van der Waals surface area contributed by atoms with Gasteiger partial charge in [0, 0.05) is 18.0 Å². The lowest BCUT2D eigenvalue weighted by molar-refractivity contribution is 1.26. The quantitative estimate of drug-likeness (QED) is 0.721. The summed E-state index contributed by atoms with van der Waals surface area (Å²) in [4.78, 5) is 4.18. The van der Waals surface area contributed by atoms with Crippen molar-refractivity contribution in [1.29, 1.82) is 5.26 Å². The van der Waals surface area contributed by atoms with Crippen LogP contribution in [0, 0.1) is 25.2 Å². The van der Waals surface area contributed by atoms with Crippen molar-refractivity contribution in [1.82, 2.24) is 4.98 Å². The van der Waals surface area contributed by atoms with E-state index in [1.54, 1.807) is 0 Å². The number of hydrogen-bond donors (Lipinski definition) is 0. The van der Waals surface area contributed by atoms with Crippen LogP contribution >= 0.6 is 0 Å². The minimum Gasteiger partial charge on any atom is -0.264 e. The van der Waals surface area contributed by atoms with Crippen LogP contribution in [-0.2, 0) is 0 Å². The first-order valence-electron chi connectivity index (χ1n) is 5.13. The number of aryl methyl sites for hydroxylation is 2. The predicted octanol–water partition coefficient (Wildman–Crippen LogP) is 3.24. The van der Waals surface area contributed by atoms with Gasteiger partial charge in [0.1, 0.15) is 0 Å². The molecule has 0 spiro atoms. The van der Waals surface area contributed by atoms with E-state index in [0.717, 1.165) is 22.3 Å². The molecule has 78 valence electrons. The van der Waals surface area contributed by atoms with E-state index in [9.17, 15) is 0 Å². The van der Waals surface area contributed by atoms with Gasteiger partial charge >= 0.3 is 0 Å². The summed E-state index contributed by atoms with van der Waals surface area (Å²) in [5, 5.41) is 8.81. The molecule has 2 nitrogen and oxygen atoms in total. The lowest BCUT2D eigenvalue weighted by atomic mass is 9.99. The second-order valence-corrected chi connectivity index (χ2v) is 3.89. The number of aromatic nitrogens is 1. The molecule has 0 aliphatic rings. The van der Waals surface area contributed by atoms with E-state index in [4.69, 9.17) is 5.26 Å². The number of nitrogens with zero attached hydrogens (tertiary/aromatic N) is 2. The molecule has 0 amide bonds. The summed E-state index contributed by atoms with van der Waals surface area (Å²) in [6.07, 6.45) is 3.68. The number of hydrogen-bond acceptors (Lipinski definition) is 2. The first-order valence-corrected chi connectivity index (χ1v) is 5.13. The summed E-state index contributed by atoms with van der Waals surface area (Å²) < 4.78 is 0. The second kappa shape index (κ2) is 4.16. The van der Waals surface area contributed by atoms with Crippen LogP contribution in [0.15, 0.2) is 36.7 Å². The highest BCUT2D eigenvalue weighted by Gasteiger charge is 2.03. The van der Waals surface area contributed by atoms with Crippen LogP contribution in [0.25, 0.3) is 11.1 Å². The third kappa shape index (κ3) is 1.94. The zero-order chi connectivity index (χ0) is 11.5. The van der Waals surface area contributed by atoms with Crippen LogP contribution < -0.4 is 0 Å². The Morgan fingerprint density at radius 1 is 1.12 bits per heavy atom. The molecule has 0 saturated heterocycles. The Labute approximate surface area is 95.2 Å². The molecule has 0 unspecified atom stereocenters. The summed E-state index contributed by atoms with van der Waals surface area (Å²) in [5.41, 5.74) is 5.17. The van der Waals surface area contributed by atoms with Crippen molar-refractivity contribution in [3.05, 3.63) is 53.3 Å². The van der Waals surface area contributed by atoms with Crippen LogP contribution in [0.5, 0.6) is 0 Å². The maximum absolute atomic E-state index is 8.81. The standard InChI is InChI=1S/C14H12N2/c1-10-5-13(9-16-8-10)14-4-3-12(7-15)6-11(14)2/h3-6,8-9H,1-2H3. The van der Waals surface area contributed by atoms with E-state index in [-0.39, 0.29) is 0 Å². The number of nitriles is 1. The first kappa shape index (κ1) is 10.4. The Hall–Kier alpha value is -2.14. The summed E-state index contributed by atoms with van der Waals surface area (Å²) in [5.74, 6) is 0. The fraction of sp³-hybridized carbons (Fsp3) is 0.143. The highest BCUT2D eigenvalue weighted by Crippen LogP contribution is 2.23. The topological polar surface area (TPSA) is 36.7 Å². The van der Waals surface area contributed by atoms with E-state index in [0.29, 0.717) is 5.56 Å². The summed E-state index contributed by atoms with van der Waals surface area (Å²) in [7, 11) is 0. The Kier molecular flexibility index (Phi) is 2.70. The summed E-state index contributed by atoms with van der Waals surface area (Å²) in [6.45, 7) is 4.04. The highest BCUT2D eigenvalue weighted by molar-refractivity contribution is 5.67. The Morgan fingerprint density at radius 2 is 1.94 bits per heavy atom. The predicted molar refractivity (Wildman–Crippen MR) is 63.9 cm³/mol. The second-order valence-electron chi connectivity index (χ2n) is 3.89. The zero-order valence-electron chi connectivity index (χ0n) is 9.36. The molecule has 0 bridgehead atoms. The van der Waals surface area contributed by atoms with Crippen LogP contribution in [-0.4, -0.2) is 4.98 Å². The van der Waals surface area contributed by atoms with Gasteiger partial charge in [-0.25, -0.2) is 0 Å². The Morgan fingerprint density at radius 3 is 2.56 bits per heavy atom. The van der Waals surface area contributed by atoms with E-state index in [2.05, 4.69) is 17.1 Å². The van der Waals surface area contributed by atoms with E-state index in [1.165, 1.54) is 0 Å². The molecule has 16 heavy (non-hydrogen) atoms. The van der Waals surface area contributed by atoms with Gasteiger partial charge in [0.2, 0.25) is 0 Å². The molecule has 1 aromatic carbocycles. The molecular formula is C14H12N2. The normalized spacial score (nSPS) is 9.81. The smallest absolute Gasteiger partial charge is 0.0991 e. The molecule has 2 heteroatoms. The van der Waals surface area contributed by atoms with Gasteiger partial charge in [0.25, 0.3) is 0 Å². The van der Waals surface area contributed by atoms with E-state index in [1.807, 2.05) is 44.4 Å². The molecule has 2 rings (SSSR count). The number of benzene rings is 1. The third-order valence-corrected chi connectivity index (χ3v) is 2.54. The largest absolute Gasteiger partial charge is 0.264 e. The first-order chi connectivity index (χ1) is 7.70. The number of pyridine rings is 1. The molecule has 0 aliphatic heterocycles. The van der Waals surface area contributed by atoms with Gasteiger partial charge in [0.15, 0.2) is 0 Å². The van der Waals surface area contributed by atoms with E-state index < -0.39 is 0 Å². The lowest BCUT2D eigenvalue weighted by Crippen LogP contribution is -1.87. The van der Waals surface area contributed by atoms with Gasteiger partial charge in [-0.05, 0) is 48.7 Å². The number of rotatable bonds is 1. The van der Waals surface area contributed by atoms with Gasteiger partial charge in [-0.2, -0.15) is 5.26 Å². The fourth-order valence-electron chi connectivity index (χ4n) is 1.76. The van der Waals surface area contributed by atoms with Crippen molar-refractivity contribution in [2.75, 3.05) is 0 Å². The molecule has 0 saturated carbocycles. The molecule has 1 heterocycles. The monoisotopic (exact) mass is 208 g/mol. The van der Waals surface area contributed by atoms with Gasteiger partial charge in [-0.1, -0.05) is 6.07 Å². The van der Waals surface area contributed by atoms with Crippen LogP contribution in [0.4, 0.5) is 0 Å². The van der Waals surface area contributed by atoms with Gasteiger partial charge in [-0.15, -0.1) is 0 Å². The Bertz CT molecular complexity index is 565. The molecule has 0 radical (unpaired) electrons. The SMILES string of the molecule is Cc1cncc(-c2ccc(C#N)cc2C)c1. The molecule has 1 aromatic heterocycles. The molecule has 0 aliphatic carbocycles. The molecule has 0 atom stereocenters. The highest BCUT2D eigenvalue weighted by atomic mass is 14.6. The van der Waals surface area contributed by atoms with E-state index >= 15 is 0 Å². The van der Waals surface area contributed by atoms with Crippen molar-refractivity contribution in [3.63, 3.8) is 0 Å². The minimum atomic E-state index is 0.696. The van der Waals surface area contributed by atoms with Crippen LogP contribution in [0.2, 0.25) is 0 Å².